The number of fused-ring (bicyclic) bond motifs is 6. The second-order valence-electron chi connectivity index (χ2n) is 9.72. The third-order valence-electron chi connectivity index (χ3n) is 8.21. The Morgan fingerprint density at radius 3 is 2.29 bits per heavy atom. The topological polar surface area (TPSA) is 52.6 Å². The van der Waals surface area contributed by atoms with Crippen LogP contribution in [0.15, 0.2) is 54.6 Å². The van der Waals surface area contributed by atoms with Crippen LogP contribution in [-0.2, 0) is 20.7 Å². The van der Waals surface area contributed by atoms with Crippen molar-refractivity contribution in [2.45, 2.75) is 56.7 Å². The van der Waals surface area contributed by atoms with Crippen molar-refractivity contribution < 1.29 is 19.1 Å². The molecule has 0 radical (unpaired) electrons. The zero-order valence-electron chi connectivity index (χ0n) is 17.6. The minimum absolute atomic E-state index is 0.00464. The van der Waals surface area contributed by atoms with Gasteiger partial charge in [0, 0.05) is 11.8 Å². The van der Waals surface area contributed by atoms with E-state index in [1.54, 1.807) is 12.1 Å². The van der Waals surface area contributed by atoms with E-state index >= 15 is 0 Å². The first kappa shape index (κ1) is 19.1. The molecule has 0 bridgehead atoms. The Bertz CT molecular complexity index is 993. The number of rotatable bonds is 4. The lowest BCUT2D eigenvalue weighted by molar-refractivity contribution is -0.253. The molecule has 0 aromatic heterocycles. The van der Waals surface area contributed by atoms with Crippen molar-refractivity contribution in [1.29, 1.82) is 0 Å². The van der Waals surface area contributed by atoms with E-state index in [0.717, 1.165) is 32.1 Å². The van der Waals surface area contributed by atoms with Crippen LogP contribution in [0.1, 0.15) is 59.5 Å². The lowest BCUT2D eigenvalue weighted by Crippen LogP contribution is -2.70. The second-order valence-corrected chi connectivity index (χ2v) is 9.72. The van der Waals surface area contributed by atoms with Gasteiger partial charge in [0.2, 0.25) is 0 Å². The highest BCUT2D eigenvalue weighted by atomic mass is 16.6. The highest BCUT2D eigenvalue weighted by Crippen LogP contribution is 2.68. The van der Waals surface area contributed by atoms with Gasteiger partial charge in [0.1, 0.15) is 12.2 Å². The Kier molecular flexibility index (Phi) is 4.62. The fraction of sp³-hybridized carbons (Fsp3) is 0.481. The van der Waals surface area contributed by atoms with E-state index in [9.17, 15) is 9.59 Å². The molecule has 4 nitrogen and oxygen atoms in total. The van der Waals surface area contributed by atoms with E-state index in [4.69, 9.17) is 9.47 Å². The van der Waals surface area contributed by atoms with Gasteiger partial charge >= 0.3 is 11.9 Å². The van der Waals surface area contributed by atoms with E-state index in [1.165, 1.54) is 17.5 Å². The van der Waals surface area contributed by atoms with Crippen LogP contribution in [0.2, 0.25) is 0 Å². The molecule has 3 saturated carbocycles. The average Bonchev–Trinajstić information content (AvgIpc) is 3.12. The van der Waals surface area contributed by atoms with Crippen molar-refractivity contribution >= 4 is 11.9 Å². The quantitative estimate of drug-likeness (QED) is 0.664. The summed E-state index contributed by atoms with van der Waals surface area (Å²) in [6.07, 6.45) is 5.62. The highest BCUT2D eigenvalue weighted by molar-refractivity contribution is 5.89. The van der Waals surface area contributed by atoms with E-state index in [-0.39, 0.29) is 41.9 Å². The molecular formula is C27H28O4. The molecule has 4 heteroatoms. The molecule has 0 aliphatic heterocycles. The predicted molar refractivity (Wildman–Crippen MR) is 115 cm³/mol. The molecular weight excluding hydrogens is 388 g/mol. The average molecular weight is 417 g/mol. The Hall–Kier alpha value is -2.62. The molecule has 6 atom stereocenters. The van der Waals surface area contributed by atoms with Crippen molar-refractivity contribution in [2.24, 2.45) is 23.7 Å². The molecule has 0 amide bonds. The number of benzene rings is 2. The molecule has 160 valence electrons. The number of ether oxygens (including phenoxy) is 2. The molecule has 3 fully saturated rings. The fourth-order valence-corrected chi connectivity index (χ4v) is 6.71. The zero-order valence-corrected chi connectivity index (χ0v) is 17.6. The van der Waals surface area contributed by atoms with E-state index in [0.29, 0.717) is 17.4 Å². The molecule has 0 spiro atoms. The van der Waals surface area contributed by atoms with Gasteiger partial charge in [0.05, 0.1) is 11.5 Å². The van der Waals surface area contributed by atoms with Crippen molar-refractivity contribution in [3.63, 3.8) is 0 Å². The van der Waals surface area contributed by atoms with Crippen molar-refractivity contribution in [2.75, 3.05) is 0 Å². The summed E-state index contributed by atoms with van der Waals surface area (Å²) in [5.41, 5.74) is 3.35. The van der Waals surface area contributed by atoms with Gasteiger partial charge < -0.3 is 9.47 Å². The molecule has 2 aromatic rings. The van der Waals surface area contributed by atoms with Crippen LogP contribution in [0.25, 0.3) is 0 Å². The minimum atomic E-state index is -0.333. The van der Waals surface area contributed by atoms with Crippen LogP contribution in [0, 0.1) is 23.7 Å². The lowest BCUT2D eigenvalue weighted by Gasteiger charge is -2.64. The molecule has 0 N–H and O–H groups in total. The summed E-state index contributed by atoms with van der Waals surface area (Å²) in [5, 5.41) is 0. The summed E-state index contributed by atoms with van der Waals surface area (Å²) >= 11 is 0. The van der Waals surface area contributed by atoms with Crippen LogP contribution in [-0.4, -0.2) is 24.1 Å². The van der Waals surface area contributed by atoms with Crippen molar-refractivity contribution in [1.82, 2.24) is 0 Å². The second kappa shape index (κ2) is 7.51. The first-order valence-corrected chi connectivity index (χ1v) is 11.8. The SMILES string of the molecule is O=C(OC1C(OC(=O)C2CCCCC2)C2C3c4ccccc4CC3C12)c1ccccc1. The van der Waals surface area contributed by atoms with E-state index in [1.807, 2.05) is 18.2 Å². The summed E-state index contributed by atoms with van der Waals surface area (Å²) in [4.78, 5) is 25.8. The number of esters is 2. The normalized spacial score (nSPS) is 33.2. The molecule has 6 unspecified atom stereocenters. The largest absolute Gasteiger partial charge is 0.458 e. The standard InChI is InChI=1S/C27H28O4/c28-26(16-9-3-1-4-10-16)30-24-22-20-15-18-13-7-8-14-19(18)21(20)23(22)25(24)31-27(29)17-11-5-2-6-12-17/h1,3-4,7-10,13-14,17,20-25H,2,5-6,11-12,15H2. The fourth-order valence-electron chi connectivity index (χ4n) is 6.71. The molecule has 4 aliphatic carbocycles. The van der Waals surface area contributed by atoms with Crippen LogP contribution >= 0.6 is 0 Å². The molecule has 0 heterocycles. The maximum atomic E-state index is 13.0. The predicted octanol–water partition coefficient (Wildman–Crippen LogP) is 4.92. The highest BCUT2D eigenvalue weighted by Gasteiger charge is 2.71. The molecule has 6 rings (SSSR count). The maximum absolute atomic E-state index is 13.0. The van der Waals surface area contributed by atoms with Gasteiger partial charge in [-0.3, -0.25) is 4.79 Å². The van der Waals surface area contributed by atoms with E-state index in [2.05, 4.69) is 24.3 Å². The summed E-state index contributed by atoms with van der Waals surface area (Å²) < 4.78 is 12.1. The van der Waals surface area contributed by atoms with Gasteiger partial charge in [0.25, 0.3) is 0 Å². The van der Waals surface area contributed by atoms with Crippen LogP contribution in [0.5, 0.6) is 0 Å². The molecule has 2 aromatic carbocycles. The Morgan fingerprint density at radius 1 is 0.774 bits per heavy atom. The monoisotopic (exact) mass is 416 g/mol. The first-order valence-electron chi connectivity index (χ1n) is 11.8. The van der Waals surface area contributed by atoms with Gasteiger partial charge in [-0.15, -0.1) is 0 Å². The van der Waals surface area contributed by atoms with Crippen molar-refractivity contribution in [3.8, 4) is 0 Å². The Morgan fingerprint density at radius 2 is 1.48 bits per heavy atom. The lowest BCUT2D eigenvalue weighted by atomic mass is 9.44. The van der Waals surface area contributed by atoms with Crippen molar-refractivity contribution in [3.05, 3.63) is 71.3 Å². The summed E-state index contributed by atoms with van der Waals surface area (Å²) in [6, 6.07) is 17.7. The Labute approximate surface area is 182 Å². The summed E-state index contributed by atoms with van der Waals surface area (Å²) in [6.45, 7) is 0. The smallest absolute Gasteiger partial charge is 0.338 e. The number of hydrogen-bond donors (Lipinski definition) is 0. The number of hydrogen-bond acceptors (Lipinski definition) is 4. The van der Waals surface area contributed by atoms with Crippen LogP contribution in [0.3, 0.4) is 0 Å². The van der Waals surface area contributed by atoms with Gasteiger partial charge in [0.15, 0.2) is 0 Å². The zero-order chi connectivity index (χ0) is 20.9. The van der Waals surface area contributed by atoms with Gasteiger partial charge in [-0.05, 0) is 54.4 Å². The van der Waals surface area contributed by atoms with Gasteiger partial charge in [-0.1, -0.05) is 61.7 Å². The van der Waals surface area contributed by atoms with Gasteiger partial charge in [-0.2, -0.15) is 0 Å². The summed E-state index contributed by atoms with van der Waals surface area (Å²) in [7, 11) is 0. The van der Waals surface area contributed by atoms with Crippen LogP contribution < -0.4 is 0 Å². The van der Waals surface area contributed by atoms with E-state index < -0.39 is 0 Å². The Balaban J connectivity index is 1.24. The molecule has 31 heavy (non-hydrogen) atoms. The van der Waals surface area contributed by atoms with Crippen LogP contribution in [0.4, 0.5) is 0 Å². The number of carbonyl (C=O) groups is 2. The third kappa shape index (κ3) is 3.02. The minimum Gasteiger partial charge on any atom is -0.458 e. The first-order chi connectivity index (χ1) is 15.2. The number of carbonyl (C=O) groups excluding carboxylic acids is 2. The molecule has 0 saturated heterocycles. The van der Waals surface area contributed by atoms with Gasteiger partial charge in [-0.25, -0.2) is 4.79 Å². The maximum Gasteiger partial charge on any atom is 0.338 e. The third-order valence-corrected chi connectivity index (χ3v) is 8.21. The summed E-state index contributed by atoms with van der Waals surface area (Å²) in [5.74, 6) is 1.08. The molecule has 4 aliphatic rings.